The molecule has 84 valence electrons. The SMILES string of the molecule is CCC1CC(N)=NN=C1c1ccccc1Br. The first kappa shape index (κ1) is 11.3. The molecule has 0 saturated heterocycles. The molecule has 1 aromatic rings. The summed E-state index contributed by atoms with van der Waals surface area (Å²) in [6.45, 7) is 2.15. The largest absolute Gasteiger partial charge is 0.386 e. The monoisotopic (exact) mass is 279 g/mol. The van der Waals surface area contributed by atoms with Crippen LogP contribution in [0.3, 0.4) is 0 Å². The van der Waals surface area contributed by atoms with Gasteiger partial charge < -0.3 is 5.73 Å². The van der Waals surface area contributed by atoms with Gasteiger partial charge in [0.25, 0.3) is 0 Å². The van der Waals surface area contributed by atoms with E-state index in [9.17, 15) is 0 Å². The molecule has 4 heteroatoms. The van der Waals surface area contributed by atoms with Crippen LogP contribution in [-0.2, 0) is 0 Å². The summed E-state index contributed by atoms with van der Waals surface area (Å²) >= 11 is 3.54. The molecule has 2 rings (SSSR count). The van der Waals surface area contributed by atoms with Gasteiger partial charge in [-0.1, -0.05) is 41.1 Å². The van der Waals surface area contributed by atoms with Gasteiger partial charge >= 0.3 is 0 Å². The summed E-state index contributed by atoms with van der Waals surface area (Å²) in [4.78, 5) is 0. The second-order valence-electron chi connectivity index (χ2n) is 3.87. The lowest BCUT2D eigenvalue weighted by molar-refractivity contribution is 0.676. The molecule has 1 atom stereocenters. The van der Waals surface area contributed by atoms with Crippen LogP contribution in [0.2, 0.25) is 0 Å². The Morgan fingerprint density at radius 2 is 2.12 bits per heavy atom. The average Bonchev–Trinajstić information content (AvgIpc) is 2.30. The molecule has 1 unspecified atom stereocenters. The van der Waals surface area contributed by atoms with Gasteiger partial charge in [0.05, 0.1) is 5.71 Å². The number of hydrogen-bond acceptors (Lipinski definition) is 3. The van der Waals surface area contributed by atoms with E-state index in [4.69, 9.17) is 5.73 Å². The van der Waals surface area contributed by atoms with Gasteiger partial charge in [-0.15, -0.1) is 5.10 Å². The Balaban J connectivity index is 2.43. The van der Waals surface area contributed by atoms with Crippen LogP contribution in [-0.4, -0.2) is 11.5 Å². The maximum absolute atomic E-state index is 5.71. The predicted molar refractivity (Wildman–Crippen MR) is 70.7 cm³/mol. The van der Waals surface area contributed by atoms with Gasteiger partial charge in [0.1, 0.15) is 5.84 Å². The van der Waals surface area contributed by atoms with Crippen LogP contribution in [0.15, 0.2) is 38.9 Å². The van der Waals surface area contributed by atoms with Crippen LogP contribution in [0.4, 0.5) is 0 Å². The zero-order valence-electron chi connectivity index (χ0n) is 9.15. The molecular weight excluding hydrogens is 266 g/mol. The van der Waals surface area contributed by atoms with Crippen LogP contribution in [0.25, 0.3) is 0 Å². The summed E-state index contributed by atoms with van der Waals surface area (Å²) in [5.74, 6) is 0.999. The minimum atomic E-state index is 0.371. The highest BCUT2D eigenvalue weighted by Gasteiger charge is 2.22. The minimum Gasteiger partial charge on any atom is -0.386 e. The zero-order chi connectivity index (χ0) is 11.5. The van der Waals surface area contributed by atoms with Gasteiger partial charge in [-0.3, -0.25) is 0 Å². The third-order valence-corrected chi connectivity index (χ3v) is 3.46. The Hall–Kier alpha value is -1.16. The number of nitrogens with two attached hydrogens (primary N) is 1. The molecule has 0 aliphatic carbocycles. The van der Waals surface area contributed by atoms with E-state index in [-0.39, 0.29) is 0 Å². The van der Waals surface area contributed by atoms with Gasteiger partial charge in [-0.2, -0.15) is 5.10 Å². The van der Waals surface area contributed by atoms with Crippen LogP contribution in [0, 0.1) is 5.92 Å². The van der Waals surface area contributed by atoms with Crippen molar-refractivity contribution < 1.29 is 0 Å². The average molecular weight is 280 g/mol. The minimum absolute atomic E-state index is 0.371. The van der Waals surface area contributed by atoms with Crippen molar-refractivity contribution in [1.29, 1.82) is 0 Å². The van der Waals surface area contributed by atoms with Crippen molar-refractivity contribution in [3.8, 4) is 0 Å². The second-order valence-corrected chi connectivity index (χ2v) is 4.72. The number of hydrogen-bond donors (Lipinski definition) is 1. The molecule has 2 N–H and O–H groups in total. The molecule has 0 spiro atoms. The molecule has 1 aliphatic heterocycles. The highest BCUT2D eigenvalue weighted by molar-refractivity contribution is 9.10. The lowest BCUT2D eigenvalue weighted by atomic mass is 9.90. The maximum Gasteiger partial charge on any atom is 0.123 e. The van der Waals surface area contributed by atoms with E-state index < -0.39 is 0 Å². The van der Waals surface area contributed by atoms with E-state index in [1.807, 2.05) is 18.2 Å². The van der Waals surface area contributed by atoms with E-state index >= 15 is 0 Å². The molecular formula is C12H14BrN3. The van der Waals surface area contributed by atoms with Gasteiger partial charge in [0, 0.05) is 22.4 Å². The molecule has 3 nitrogen and oxygen atoms in total. The second kappa shape index (κ2) is 4.78. The molecule has 0 aromatic heterocycles. The molecule has 16 heavy (non-hydrogen) atoms. The lowest BCUT2D eigenvalue weighted by Gasteiger charge is -2.20. The molecule has 0 saturated carbocycles. The van der Waals surface area contributed by atoms with Crippen molar-refractivity contribution >= 4 is 27.5 Å². The summed E-state index contributed by atoms with van der Waals surface area (Å²) in [6.07, 6.45) is 1.83. The lowest BCUT2D eigenvalue weighted by Crippen LogP contribution is -2.26. The summed E-state index contributed by atoms with van der Waals surface area (Å²) < 4.78 is 1.06. The van der Waals surface area contributed by atoms with Crippen LogP contribution >= 0.6 is 15.9 Å². The number of amidine groups is 1. The van der Waals surface area contributed by atoms with Gasteiger partial charge in [-0.05, 0) is 12.5 Å². The molecule has 1 heterocycles. The standard InChI is InChI=1S/C12H14BrN3/c1-2-8-7-11(14)15-16-12(8)9-5-3-4-6-10(9)13/h3-6,8H,2,7H2,1H3,(H2,14,15). The predicted octanol–water partition coefficient (Wildman–Crippen LogP) is 2.94. The summed E-state index contributed by atoms with van der Waals surface area (Å²) in [5, 5.41) is 8.23. The molecule has 0 fully saturated rings. The van der Waals surface area contributed by atoms with Crippen molar-refractivity contribution in [1.82, 2.24) is 0 Å². The molecule has 1 aliphatic rings. The fraction of sp³-hybridized carbons (Fsp3) is 0.333. The van der Waals surface area contributed by atoms with Crippen molar-refractivity contribution in [2.45, 2.75) is 19.8 Å². The Bertz CT molecular complexity index is 451. The number of benzene rings is 1. The Labute approximate surface area is 104 Å². The molecule has 1 aromatic carbocycles. The number of rotatable bonds is 2. The quantitative estimate of drug-likeness (QED) is 0.889. The fourth-order valence-corrected chi connectivity index (χ4v) is 2.36. The molecule has 0 amide bonds. The van der Waals surface area contributed by atoms with E-state index in [0.29, 0.717) is 11.8 Å². The first-order chi connectivity index (χ1) is 7.72. The maximum atomic E-state index is 5.71. The van der Waals surface area contributed by atoms with E-state index in [2.05, 4.69) is 39.1 Å². The summed E-state index contributed by atoms with van der Waals surface area (Å²) in [6, 6.07) is 8.08. The van der Waals surface area contributed by atoms with Crippen molar-refractivity contribution in [3.05, 3.63) is 34.3 Å². The third kappa shape index (κ3) is 2.16. The van der Waals surface area contributed by atoms with E-state index in [1.165, 1.54) is 0 Å². The Morgan fingerprint density at radius 3 is 2.81 bits per heavy atom. The third-order valence-electron chi connectivity index (χ3n) is 2.77. The molecule has 0 bridgehead atoms. The van der Waals surface area contributed by atoms with Crippen LogP contribution in [0.5, 0.6) is 0 Å². The number of halogens is 1. The van der Waals surface area contributed by atoms with Crippen molar-refractivity contribution in [2.75, 3.05) is 0 Å². The first-order valence-corrected chi connectivity index (χ1v) is 6.16. The van der Waals surface area contributed by atoms with Gasteiger partial charge in [0.15, 0.2) is 0 Å². The Morgan fingerprint density at radius 1 is 1.38 bits per heavy atom. The summed E-state index contributed by atoms with van der Waals surface area (Å²) in [5.41, 5.74) is 7.86. The summed E-state index contributed by atoms with van der Waals surface area (Å²) in [7, 11) is 0. The van der Waals surface area contributed by atoms with Gasteiger partial charge in [-0.25, -0.2) is 0 Å². The number of nitrogens with zero attached hydrogens (tertiary/aromatic N) is 2. The highest BCUT2D eigenvalue weighted by atomic mass is 79.9. The van der Waals surface area contributed by atoms with Crippen LogP contribution < -0.4 is 5.73 Å². The van der Waals surface area contributed by atoms with Gasteiger partial charge in [0.2, 0.25) is 0 Å². The Kier molecular flexibility index (Phi) is 3.39. The smallest absolute Gasteiger partial charge is 0.123 e. The van der Waals surface area contributed by atoms with Crippen molar-refractivity contribution in [3.63, 3.8) is 0 Å². The van der Waals surface area contributed by atoms with Crippen molar-refractivity contribution in [2.24, 2.45) is 21.9 Å². The van der Waals surface area contributed by atoms with E-state index in [1.54, 1.807) is 0 Å². The normalized spacial score (nSPS) is 20.2. The van der Waals surface area contributed by atoms with E-state index in [0.717, 1.165) is 28.6 Å². The fourth-order valence-electron chi connectivity index (χ4n) is 1.87. The highest BCUT2D eigenvalue weighted by Crippen LogP contribution is 2.25. The van der Waals surface area contributed by atoms with Crippen LogP contribution in [0.1, 0.15) is 25.3 Å². The topological polar surface area (TPSA) is 50.7 Å². The first-order valence-electron chi connectivity index (χ1n) is 5.37. The zero-order valence-corrected chi connectivity index (χ0v) is 10.7. The molecule has 0 radical (unpaired) electrons.